The van der Waals surface area contributed by atoms with Crippen LogP contribution in [0.1, 0.15) is 19.2 Å². The lowest BCUT2D eigenvalue weighted by Gasteiger charge is -2.17. The van der Waals surface area contributed by atoms with Gasteiger partial charge in [0.1, 0.15) is 5.82 Å². The maximum Gasteiger partial charge on any atom is 0.317 e. The third-order valence-electron chi connectivity index (χ3n) is 3.04. The summed E-state index contributed by atoms with van der Waals surface area (Å²) in [4.78, 5) is 20.3. The minimum atomic E-state index is -0.817. The number of imidazole rings is 1. The molecule has 0 bridgehead atoms. The van der Waals surface area contributed by atoms with Gasteiger partial charge in [-0.05, 0) is 25.1 Å². The smallest absolute Gasteiger partial charge is 0.317 e. The molecule has 1 heterocycles. The van der Waals surface area contributed by atoms with Crippen LogP contribution >= 0.6 is 15.9 Å². The van der Waals surface area contributed by atoms with Crippen molar-refractivity contribution in [3.63, 3.8) is 0 Å². The van der Waals surface area contributed by atoms with Crippen LogP contribution in [0.15, 0.2) is 34.9 Å². The van der Waals surface area contributed by atoms with Crippen LogP contribution in [0.5, 0.6) is 0 Å². The standard InChI is InChI=1S/C15H18BrN3O2/c1-2-6-19(10-15(20)21)9-14-17-8-13(18-14)11-4-3-5-12(16)7-11/h3-5,7-8H,2,6,9-10H2,1H3,(H,17,18)(H,20,21). The molecule has 0 spiro atoms. The summed E-state index contributed by atoms with van der Waals surface area (Å²) in [5, 5.41) is 8.92. The first-order valence-corrected chi connectivity index (χ1v) is 7.61. The molecule has 2 aromatic rings. The van der Waals surface area contributed by atoms with Crippen LogP contribution in [-0.2, 0) is 11.3 Å². The van der Waals surface area contributed by atoms with Crippen LogP contribution in [0, 0.1) is 0 Å². The Balaban J connectivity index is 2.10. The van der Waals surface area contributed by atoms with Gasteiger partial charge in [0.25, 0.3) is 0 Å². The van der Waals surface area contributed by atoms with E-state index in [2.05, 4.69) is 25.9 Å². The van der Waals surface area contributed by atoms with E-state index in [0.717, 1.165) is 34.5 Å². The van der Waals surface area contributed by atoms with E-state index in [1.54, 1.807) is 6.20 Å². The van der Waals surface area contributed by atoms with Crippen molar-refractivity contribution >= 4 is 21.9 Å². The Hall–Kier alpha value is -1.66. The molecule has 112 valence electrons. The number of halogens is 1. The summed E-state index contributed by atoms with van der Waals surface area (Å²) >= 11 is 3.45. The average Bonchev–Trinajstić information content (AvgIpc) is 2.87. The number of H-pyrrole nitrogens is 1. The first-order chi connectivity index (χ1) is 10.1. The summed E-state index contributed by atoms with van der Waals surface area (Å²) in [6.45, 7) is 3.30. The van der Waals surface area contributed by atoms with E-state index < -0.39 is 5.97 Å². The number of nitrogens with zero attached hydrogens (tertiary/aromatic N) is 2. The van der Waals surface area contributed by atoms with Gasteiger partial charge in [0.15, 0.2) is 0 Å². The molecule has 0 radical (unpaired) electrons. The summed E-state index contributed by atoms with van der Waals surface area (Å²) in [6, 6.07) is 7.95. The largest absolute Gasteiger partial charge is 0.480 e. The second kappa shape index (κ2) is 7.38. The molecule has 0 saturated heterocycles. The number of hydrogen-bond acceptors (Lipinski definition) is 3. The number of benzene rings is 1. The molecule has 0 unspecified atom stereocenters. The predicted molar refractivity (Wildman–Crippen MR) is 84.9 cm³/mol. The highest BCUT2D eigenvalue weighted by Crippen LogP contribution is 2.21. The Morgan fingerprint density at radius 1 is 1.48 bits per heavy atom. The highest BCUT2D eigenvalue weighted by Gasteiger charge is 2.12. The fraction of sp³-hybridized carbons (Fsp3) is 0.333. The van der Waals surface area contributed by atoms with Gasteiger partial charge < -0.3 is 10.1 Å². The quantitative estimate of drug-likeness (QED) is 0.803. The van der Waals surface area contributed by atoms with Crippen LogP contribution < -0.4 is 0 Å². The molecule has 0 amide bonds. The van der Waals surface area contributed by atoms with Crippen LogP contribution in [0.2, 0.25) is 0 Å². The van der Waals surface area contributed by atoms with Gasteiger partial charge in [0, 0.05) is 10.0 Å². The summed E-state index contributed by atoms with van der Waals surface area (Å²) in [5.74, 6) is -0.0399. The van der Waals surface area contributed by atoms with Crippen molar-refractivity contribution in [1.29, 1.82) is 0 Å². The number of aromatic nitrogens is 2. The number of carboxylic acid groups (broad SMARTS) is 1. The van der Waals surface area contributed by atoms with Crippen molar-refractivity contribution in [1.82, 2.24) is 14.9 Å². The van der Waals surface area contributed by atoms with Crippen LogP contribution in [0.25, 0.3) is 11.3 Å². The molecule has 0 aliphatic carbocycles. The number of carbonyl (C=O) groups is 1. The number of aromatic amines is 1. The van der Waals surface area contributed by atoms with Gasteiger partial charge in [-0.25, -0.2) is 4.98 Å². The molecule has 5 nitrogen and oxygen atoms in total. The molecular formula is C15H18BrN3O2. The van der Waals surface area contributed by atoms with E-state index in [1.165, 1.54) is 0 Å². The molecule has 2 N–H and O–H groups in total. The molecule has 21 heavy (non-hydrogen) atoms. The van der Waals surface area contributed by atoms with Crippen molar-refractivity contribution in [2.75, 3.05) is 13.1 Å². The Morgan fingerprint density at radius 2 is 2.29 bits per heavy atom. The monoisotopic (exact) mass is 351 g/mol. The number of nitrogens with one attached hydrogen (secondary N) is 1. The lowest BCUT2D eigenvalue weighted by Crippen LogP contribution is -2.30. The Kier molecular flexibility index (Phi) is 5.52. The van der Waals surface area contributed by atoms with E-state index in [1.807, 2.05) is 36.1 Å². The molecule has 0 fully saturated rings. The second-order valence-electron chi connectivity index (χ2n) is 4.86. The summed E-state index contributed by atoms with van der Waals surface area (Å²) in [7, 11) is 0. The van der Waals surface area contributed by atoms with Gasteiger partial charge in [0.2, 0.25) is 0 Å². The molecule has 1 aromatic heterocycles. The molecular weight excluding hydrogens is 334 g/mol. The fourth-order valence-electron chi connectivity index (χ4n) is 2.18. The van der Waals surface area contributed by atoms with Crippen molar-refractivity contribution in [2.45, 2.75) is 19.9 Å². The second-order valence-corrected chi connectivity index (χ2v) is 5.77. The minimum absolute atomic E-state index is 0.0285. The van der Waals surface area contributed by atoms with Crippen LogP contribution in [-0.4, -0.2) is 39.0 Å². The van der Waals surface area contributed by atoms with Gasteiger partial charge >= 0.3 is 5.97 Å². The Labute approximate surface area is 132 Å². The summed E-state index contributed by atoms with van der Waals surface area (Å²) in [5.41, 5.74) is 1.97. The molecule has 1 aromatic carbocycles. The van der Waals surface area contributed by atoms with Gasteiger partial charge in [-0.3, -0.25) is 9.69 Å². The van der Waals surface area contributed by atoms with E-state index in [4.69, 9.17) is 5.11 Å². The van der Waals surface area contributed by atoms with Crippen LogP contribution in [0.3, 0.4) is 0 Å². The van der Waals surface area contributed by atoms with Crippen molar-refractivity contribution in [2.24, 2.45) is 0 Å². The first-order valence-electron chi connectivity index (χ1n) is 6.82. The van der Waals surface area contributed by atoms with Crippen LogP contribution in [0.4, 0.5) is 0 Å². The third-order valence-corrected chi connectivity index (χ3v) is 3.53. The normalized spacial score (nSPS) is 11.0. The summed E-state index contributed by atoms with van der Waals surface area (Å²) in [6.07, 6.45) is 2.69. The zero-order valence-corrected chi connectivity index (χ0v) is 13.4. The molecule has 0 aliphatic heterocycles. The zero-order valence-electron chi connectivity index (χ0n) is 11.8. The van der Waals surface area contributed by atoms with Gasteiger partial charge in [0.05, 0.1) is 25.0 Å². The molecule has 2 rings (SSSR count). The fourth-order valence-corrected chi connectivity index (χ4v) is 2.58. The highest BCUT2D eigenvalue weighted by atomic mass is 79.9. The van der Waals surface area contributed by atoms with Crippen molar-refractivity contribution in [3.05, 3.63) is 40.8 Å². The minimum Gasteiger partial charge on any atom is -0.480 e. The number of hydrogen-bond donors (Lipinski definition) is 2. The Morgan fingerprint density at radius 3 is 2.95 bits per heavy atom. The maximum absolute atomic E-state index is 10.9. The topological polar surface area (TPSA) is 69.2 Å². The van der Waals surface area contributed by atoms with Gasteiger partial charge in [-0.15, -0.1) is 0 Å². The van der Waals surface area contributed by atoms with E-state index in [0.29, 0.717) is 6.54 Å². The average molecular weight is 352 g/mol. The summed E-state index contributed by atoms with van der Waals surface area (Å²) < 4.78 is 1.01. The lowest BCUT2D eigenvalue weighted by molar-refractivity contribution is -0.138. The van der Waals surface area contributed by atoms with E-state index >= 15 is 0 Å². The van der Waals surface area contributed by atoms with Gasteiger partial charge in [-0.2, -0.15) is 0 Å². The van der Waals surface area contributed by atoms with E-state index in [9.17, 15) is 4.79 Å². The van der Waals surface area contributed by atoms with Gasteiger partial charge in [-0.1, -0.05) is 35.0 Å². The number of aliphatic carboxylic acids is 1. The maximum atomic E-state index is 10.9. The van der Waals surface area contributed by atoms with Crippen molar-refractivity contribution < 1.29 is 9.90 Å². The SMILES string of the molecule is CCCN(CC(=O)O)Cc1ncc(-c2cccc(Br)c2)[nH]1. The van der Waals surface area contributed by atoms with Crippen molar-refractivity contribution in [3.8, 4) is 11.3 Å². The number of rotatable bonds is 7. The van der Waals surface area contributed by atoms with E-state index in [-0.39, 0.29) is 6.54 Å². The predicted octanol–water partition coefficient (Wildman–Crippen LogP) is 3.14. The zero-order chi connectivity index (χ0) is 15.2. The lowest BCUT2D eigenvalue weighted by atomic mass is 10.2. The molecule has 6 heteroatoms. The third kappa shape index (κ3) is 4.68. The molecule has 0 saturated carbocycles. The Bertz CT molecular complexity index is 612. The number of carboxylic acids is 1. The molecule has 0 atom stereocenters. The highest BCUT2D eigenvalue weighted by molar-refractivity contribution is 9.10. The molecule has 0 aliphatic rings. The first kappa shape index (κ1) is 15.7.